The summed E-state index contributed by atoms with van der Waals surface area (Å²) in [6, 6.07) is 6.36. The number of carbonyl (C=O) groups excluding carboxylic acids is 1. The van der Waals surface area contributed by atoms with Gasteiger partial charge in [-0.2, -0.15) is 5.10 Å². The van der Waals surface area contributed by atoms with E-state index in [2.05, 4.69) is 10.5 Å². The van der Waals surface area contributed by atoms with Crippen LogP contribution in [-0.2, 0) is 0 Å². The number of nitrogens with one attached hydrogen (secondary N) is 3. The highest BCUT2D eigenvalue weighted by Crippen LogP contribution is 2.14. The molecule has 0 fully saturated rings. The number of carbonyl (C=O) groups is 1. The van der Waals surface area contributed by atoms with Crippen molar-refractivity contribution >= 4 is 23.2 Å². The highest BCUT2D eigenvalue weighted by molar-refractivity contribution is 6.33. The molecule has 1 amide bonds. The van der Waals surface area contributed by atoms with Crippen molar-refractivity contribution in [3.8, 4) is 5.88 Å². The Morgan fingerprint density at radius 3 is 2.59 bits per heavy atom. The van der Waals surface area contributed by atoms with Gasteiger partial charge in [0, 0.05) is 0 Å². The van der Waals surface area contributed by atoms with Gasteiger partial charge in [-0.05, 0) is 19.1 Å². The molecular formula is C13H11ClN4O4. The van der Waals surface area contributed by atoms with Crippen LogP contribution in [0.25, 0.3) is 0 Å². The molecule has 0 aliphatic rings. The Balaban J connectivity index is 2.28. The summed E-state index contributed by atoms with van der Waals surface area (Å²) in [5.41, 5.74) is 0.511. The average Bonchev–Trinajstić information content (AvgIpc) is 2.44. The highest BCUT2D eigenvalue weighted by atomic mass is 35.5. The first-order valence-corrected chi connectivity index (χ1v) is 6.43. The van der Waals surface area contributed by atoms with E-state index in [-0.39, 0.29) is 21.9 Å². The van der Waals surface area contributed by atoms with Gasteiger partial charge < -0.3 is 5.11 Å². The predicted molar refractivity (Wildman–Crippen MR) is 80.5 cm³/mol. The number of hydrogen-bond acceptors (Lipinski definition) is 5. The Labute approximate surface area is 128 Å². The van der Waals surface area contributed by atoms with E-state index in [9.17, 15) is 19.5 Å². The number of benzene rings is 1. The summed E-state index contributed by atoms with van der Waals surface area (Å²) in [7, 11) is 0. The van der Waals surface area contributed by atoms with Crippen molar-refractivity contribution in [3.05, 3.63) is 61.3 Å². The molecule has 22 heavy (non-hydrogen) atoms. The summed E-state index contributed by atoms with van der Waals surface area (Å²) in [6.07, 6.45) is 0. The van der Waals surface area contributed by atoms with Crippen molar-refractivity contribution in [2.75, 3.05) is 0 Å². The quantitative estimate of drug-likeness (QED) is 0.486. The number of hydrogen-bond donors (Lipinski definition) is 4. The van der Waals surface area contributed by atoms with Crippen LogP contribution in [0.3, 0.4) is 0 Å². The van der Waals surface area contributed by atoms with Crippen molar-refractivity contribution < 1.29 is 9.90 Å². The topological polar surface area (TPSA) is 127 Å². The second-order valence-electron chi connectivity index (χ2n) is 4.25. The van der Waals surface area contributed by atoms with Crippen LogP contribution in [0.4, 0.5) is 0 Å². The van der Waals surface area contributed by atoms with Crippen molar-refractivity contribution in [2.45, 2.75) is 6.92 Å². The number of nitrogens with zero attached hydrogens (tertiary/aromatic N) is 1. The van der Waals surface area contributed by atoms with Gasteiger partial charge in [0.25, 0.3) is 11.5 Å². The van der Waals surface area contributed by atoms with Gasteiger partial charge in [0.05, 0.1) is 16.3 Å². The Morgan fingerprint density at radius 1 is 1.27 bits per heavy atom. The van der Waals surface area contributed by atoms with Crippen molar-refractivity contribution in [2.24, 2.45) is 5.10 Å². The second kappa shape index (κ2) is 6.27. The predicted octanol–water partition coefficient (Wildman–Crippen LogP) is 0.576. The summed E-state index contributed by atoms with van der Waals surface area (Å²) >= 11 is 5.88. The number of aromatic nitrogens is 2. The zero-order valence-corrected chi connectivity index (χ0v) is 12.1. The third-order valence-corrected chi connectivity index (χ3v) is 3.06. The van der Waals surface area contributed by atoms with Crippen LogP contribution < -0.4 is 16.7 Å². The van der Waals surface area contributed by atoms with Crippen molar-refractivity contribution in [1.82, 2.24) is 15.4 Å². The molecule has 0 saturated carbocycles. The molecule has 0 saturated heterocycles. The maximum atomic E-state index is 11.9. The molecule has 1 heterocycles. The minimum atomic E-state index is -0.848. The maximum Gasteiger partial charge on any atom is 0.328 e. The monoisotopic (exact) mass is 322 g/mol. The number of aromatic amines is 2. The summed E-state index contributed by atoms with van der Waals surface area (Å²) in [4.78, 5) is 38.5. The molecule has 0 bridgehead atoms. The van der Waals surface area contributed by atoms with E-state index in [4.69, 9.17) is 11.6 Å². The maximum absolute atomic E-state index is 11.9. The lowest BCUT2D eigenvalue weighted by atomic mass is 10.2. The van der Waals surface area contributed by atoms with Crippen LogP contribution >= 0.6 is 11.6 Å². The molecule has 1 aromatic carbocycles. The lowest BCUT2D eigenvalue weighted by molar-refractivity contribution is 0.0955. The van der Waals surface area contributed by atoms with E-state index < -0.39 is 23.0 Å². The van der Waals surface area contributed by atoms with Crippen LogP contribution in [0.5, 0.6) is 5.88 Å². The Bertz CT molecular complexity index is 869. The van der Waals surface area contributed by atoms with E-state index in [0.29, 0.717) is 0 Å². The Morgan fingerprint density at radius 2 is 1.95 bits per heavy atom. The molecule has 0 aliphatic heterocycles. The van der Waals surface area contributed by atoms with Crippen LogP contribution in [-0.4, -0.2) is 26.7 Å². The first-order chi connectivity index (χ1) is 10.4. The van der Waals surface area contributed by atoms with E-state index in [1.54, 1.807) is 18.2 Å². The Hall–Kier alpha value is -2.87. The first-order valence-electron chi connectivity index (χ1n) is 6.05. The molecule has 0 atom stereocenters. The van der Waals surface area contributed by atoms with Gasteiger partial charge in [-0.15, -0.1) is 0 Å². The fraction of sp³-hybridized carbons (Fsp3) is 0.0769. The van der Waals surface area contributed by atoms with Gasteiger partial charge in [0.1, 0.15) is 5.56 Å². The van der Waals surface area contributed by atoms with Gasteiger partial charge in [-0.1, -0.05) is 23.7 Å². The molecule has 2 rings (SSSR count). The van der Waals surface area contributed by atoms with Crippen LogP contribution in [0, 0.1) is 0 Å². The number of hydrazone groups is 1. The van der Waals surface area contributed by atoms with Crippen LogP contribution in [0.1, 0.15) is 22.8 Å². The Kier molecular flexibility index (Phi) is 4.42. The van der Waals surface area contributed by atoms with E-state index in [0.717, 1.165) is 0 Å². The lowest BCUT2D eigenvalue weighted by Gasteiger charge is -2.04. The van der Waals surface area contributed by atoms with E-state index in [1.807, 2.05) is 9.97 Å². The third-order valence-electron chi connectivity index (χ3n) is 2.73. The number of H-pyrrole nitrogens is 2. The van der Waals surface area contributed by atoms with Crippen molar-refractivity contribution in [1.29, 1.82) is 0 Å². The fourth-order valence-corrected chi connectivity index (χ4v) is 1.93. The molecule has 0 spiro atoms. The van der Waals surface area contributed by atoms with Crippen molar-refractivity contribution in [3.63, 3.8) is 0 Å². The molecule has 8 nitrogen and oxygen atoms in total. The lowest BCUT2D eigenvalue weighted by Crippen LogP contribution is -2.28. The molecule has 0 radical (unpaired) electrons. The van der Waals surface area contributed by atoms with Gasteiger partial charge in [-0.25, -0.2) is 10.2 Å². The number of rotatable bonds is 3. The molecule has 114 valence electrons. The first kappa shape index (κ1) is 15.5. The van der Waals surface area contributed by atoms with E-state index >= 15 is 0 Å². The van der Waals surface area contributed by atoms with Gasteiger partial charge in [0.2, 0.25) is 5.88 Å². The standard InChI is InChI=1S/C13H11ClN4O4/c1-6(9-11(20)15-13(22)16-12(9)21)17-18-10(19)7-4-2-3-5-8(7)14/h2-5H,1H3,(H,18,19)(H3,15,16,20,21,22). The molecule has 1 aromatic heterocycles. The molecule has 9 heteroatoms. The molecule has 4 N–H and O–H groups in total. The van der Waals surface area contributed by atoms with Crippen LogP contribution in [0.2, 0.25) is 5.02 Å². The van der Waals surface area contributed by atoms with Crippen LogP contribution in [0.15, 0.2) is 39.0 Å². The normalized spacial score (nSPS) is 11.3. The number of halogens is 1. The summed E-state index contributed by atoms with van der Waals surface area (Å²) in [6.45, 7) is 1.38. The largest absolute Gasteiger partial charge is 0.494 e. The zero-order chi connectivity index (χ0) is 16.3. The van der Waals surface area contributed by atoms with E-state index in [1.165, 1.54) is 13.0 Å². The van der Waals surface area contributed by atoms with Gasteiger partial charge >= 0.3 is 5.69 Å². The third kappa shape index (κ3) is 3.23. The minimum absolute atomic E-state index is 0.00963. The zero-order valence-electron chi connectivity index (χ0n) is 11.3. The SMILES string of the molecule is CC(=NNC(=O)c1ccccc1Cl)c1c(O)[nH]c(=O)[nH]c1=O. The summed E-state index contributed by atoms with van der Waals surface area (Å²) in [5, 5.41) is 13.5. The fourth-order valence-electron chi connectivity index (χ4n) is 1.71. The average molecular weight is 323 g/mol. The summed E-state index contributed by atoms with van der Waals surface area (Å²) < 4.78 is 0. The summed E-state index contributed by atoms with van der Waals surface area (Å²) in [5.74, 6) is -1.22. The second-order valence-corrected chi connectivity index (χ2v) is 4.66. The molecule has 0 aliphatic carbocycles. The van der Waals surface area contributed by atoms with Gasteiger partial charge in [-0.3, -0.25) is 19.6 Å². The minimum Gasteiger partial charge on any atom is -0.494 e. The smallest absolute Gasteiger partial charge is 0.328 e. The van der Waals surface area contributed by atoms with Gasteiger partial charge in [0.15, 0.2) is 0 Å². The molecule has 0 unspecified atom stereocenters. The number of aromatic hydroxyl groups is 1. The highest BCUT2D eigenvalue weighted by Gasteiger charge is 2.13. The molecule has 2 aromatic rings. The number of amides is 1. The molecular weight excluding hydrogens is 312 g/mol.